The highest BCUT2D eigenvalue weighted by molar-refractivity contribution is 9.10. The van der Waals surface area contributed by atoms with Crippen LogP contribution in [-0.4, -0.2) is 14.5 Å². The monoisotopic (exact) mass is 338 g/mol. The van der Waals surface area contributed by atoms with Gasteiger partial charge in [-0.1, -0.05) is 40.2 Å². The van der Waals surface area contributed by atoms with Gasteiger partial charge in [0, 0.05) is 16.1 Å². The molecule has 0 aliphatic heterocycles. The van der Waals surface area contributed by atoms with Crippen LogP contribution < -0.4 is 5.73 Å². The molecule has 4 rings (SSSR count). The first-order chi connectivity index (χ1) is 10.3. The van der Waals surface area contributed by atoms with Crippen molar-refractivity contribution in [3.05, 3.63) is 59.2 Å². The number of hydrogen-bond acceptors (Lipinski definition) is 3. The van der Waals surface area contributed by atoms with E-state index in [0.717, 1.165) is 32.1 Å². The Bertz CT molecular complexity index is 975. The lowest BCUT2D eigenvalue weighted by Crippen LogP contribution is -2.02. The quantitative estimate of drug-likeness (QED) is 0.572. The first kappa shape index (κ1) is 12.3. The van der Waals surface area contributed by atoms with Crippen molar-refractivity contribution in [2.24, 2.45) is 0 Å². The summed E-state index contributed by atoms with van der Waals surface area (Å²) in [5.41, 5.74) is 8.65. The van der Waals surface area contributed by atoms with Crippen molar-refractivity contribution in [1.29, 1.82) is 0 Å². The fraction of sp³-hybridized carbons (Fsp3) is 0. The van der Waals surface area contributed by atoms with E-state index in [-0.39, 0.29) is 0 Å². The summed E-state index contributed by atoms with van der Waals surface area (Å²) in [4.78, 5) is 8.80. The van der Waals surface area contributed by atoms with Gasteiger partial charge in [0.05, 0.1) is 5.69 Å². The maximum absolute atomic E-state index is 6.11. The van der Waals surface area contributed by atoms with Crippen LogP contribution in [0.3, 0.4) is 0 Å². The summed E-state index contributed by atoms with van der Waals surface area (Å²) in [7, 11) is 0. The van der Waals surface area contributed by atoms with E-state index >= 15 is 0 Å². The molecule has 21 heavy (non-hydrogen) atoms. The van der Waals surface area contributed by atoms with E-state index in [0.29, 0.717) is 5.95 Å². The van der Waals surface area contributed by atoms with E-state index in [1.54, 1.807) is 6.20 Å². The largest absolute Gasteiger partial charge is 0.369 e. The van der Waals surface area contributed by atoms with Gasteiger partial charge in [0.15, 0.2) is 5.65 Å². The van der Waals surface area contributed by atoms with Gasteiger partial charge in [-0.2, -0.15) is 0 Å². The number of anilines is 1. The fourth-order valence-electron chi connectivity index (χ4n) is 2.61. The molecule has 0 bridgehead atoms. The molecule has 2 aromatic heterocycles. The average Bonchev–Trinajstić information content (AvgIpc) is 2.84. The molecule has 0 radical (unpaired) electrons. The van der Waals surface area contributed by atoms with Gasteiger partial charge in [-0.15, -0.1) is 0 Å². The summed E-state index contributed by atoms with van der Waals surface area (Å²) in [6, 6.07) is 16.0. The molecule has 0 amide bonds. The van der Waals surface area contributed by atoms with E-state index in [1.807, 2.05) is 41.0 Å². The summed E-state index contributed by atoms with van der Waals surface area (Å²) in [6.45, 7) is 0. The molecule has 0 fully saturated rings. The van der Waals surface area contributed by atoms with Crippen molar-refractivity contribution in [3.63, 3.8) is 0 Å². The lowest BCUT2D eigenvalue weighted by molar-refractivity contribution is 1.09. The van der Waals surface area contributed by atoms with Crippen LogP contribution in [-0.2, 0) is 0 Å². The second-order valence-electron chi connectivity index (χ2n) is 4.76. The summed E-state index contributed by atoms with van der Waals surface area (Å²) < 4.78 is 2.95. The highest BCUT2D eigenvalue weighted by atomic mass is 79.9. The van der Waals surface area contributed by atoms with Crippen LogP contribution in [0, 0.1) is 0 Å². The minimum Gasteiger partial charge on any atom is -0.369 e. The molecule has 102 valence electrons. The second kappa shape index (κ2) is 4.56. The fourth-order valence-corrected chi connectivity index (χ4v) is 3.09. The van der Waals surface area contributed by atoms with Crippen LogP contribution in [0.5, 0.6) is 0 Å². The Kier molecular flexibility index (Phi) is 2.68. The highest BCUT2D eigenvalue weighted by Gasteiger charge is 2.13. The number of aromatic nitrogens is 3. The van der Waals surface area contributed by atoms with Crippen LogP contribution in [0.1, 0.15) is 0 Å². The maximum atomic E-state index is 6.11. The van der Waals surface area contributed by atoms with Crippen LogP contribution in [0.25, 0.3) is 27.6 Å². The molecule has 4 nitrogen and oxygen atoms in total. The van der Waals surface area contributed by atoms with Crippen molar-refractivity contribution >= 4 is 43.8 Å². The van der Waals surface area contributed by atoms with Crippen molar-refractivity contribution in [2.75, 3.05) is 5.73 Å². The van der Waals surface area contributed by atoms with E-state index in [4.69, 9.17) is 5.73 Å². The Balaban J connectivity index is 2.15. The molecule has 5 heteroatoms. The highest BCUT2D eigenvalue weighted by Crippen LogP contribution is 2.31. The number of fused-ring (bicyclic) bond motifs is 2. The first-order valence-electron chi connectivity index (χ1n) is 6.52. The summed E-state index contributed by atoms with van der Waals surface area (Å²) in [5.74, 6) is 0.441. The van der Waals surface area contributed by atoms with Crippen molar-refractivity contribution in [3.8, 4) is 5.69 Å². The Labute approximate surface area is 129 Å². The Morgan fingerprint density at radius 1 is 0.952 bits per heavy atom. The number of nitrogens with zero attached hydrogens (tertiary/aromatic N) is 3. The van der Waals surface area contributed by atoms with Crippen molar-refractivity contribution < 1.29 is 0 Å². The van der Waals surface area contributed by atoms with Gasteiger partial charge in [-0.25, -0.2) is 9.97 Å². The molecule has 0 saturated carbocycles. The van der Waals surface area contributed by atoms with E-state index in [9.17, 15) is 0 Å². The minimum absolute atomic E-state index is 0.441. The zero-order valence-electron chi connectivity index (χ0n) is 11.0. The van der Waals surface area contributed by atoms with Crippen LogP contribution in [0.4, 0.5) is 5.95 Å². The van der Waals surface area contributed by atoms with Gasteiger partial charge in [-0.05, 0) is 29.7 Å². The van der Waals surface area contributed by atoms with E-state index < -0.39 is 0 Å². The molecular formula is C16H11BrN4. The lowest BCUT2D eigenvalue weighted by Gasteiger charge is -2.11. The smallest absolute Gasteiger partial charge is 0.207 e. The third kappa shape index (κ3) is 1.81. The molecule has 0 saturated heterocycles. The number of nitrogen functional groups attached to an aromatic ring is 1. The van der Waals surface area contributed by atoms with Gasteiger partial charge >= 0.3 is 0 Å². The predicted molar refractivity (Wildman–Crippen MR) is 88.5 cm³/mol. The Hall–Kier alpha value is -2.40. The standard InChI is InChI=1S/C16H11BrN4/c17-12-7-8-14(11-5-2-1-4-10(11)12)21-15-13(20-16(21)18)6-3-9-19-15/h1-9H,(H2,18,20). The number of hydrogen-bond donors (Lipinski definition) is 1. The summed E-state index contributed by atoms with van der Waals surface area (Å²) in [5, 5.41) is 2.23. The second-order valence-corrected chi connectivity index (χ2v) is 5.62. The molecule has 0 atom stereocenters. The molecule has 0 spiro atoms. The number of imidazole rings is 1. The zero-order chi connectivity index (χ0) is 14.4. The third-order valence-electron chi connectivity index (χ3n) is 3.53. The molecular weight excluding hydrogens is 328 g/mol. The number of rotatable bonds is 1. The molecule has 2 heterocycles. The maximum Gasteiger partial charge on any atom is 0.207 e. The topological polar surface area (TPSA) is 56.7 Å². The number of pyridine rings is 1. The van der Waals surface area contributed by atoms with Gasteiger partial charge in [0.1, 0.15) is 5.52 Å². The number of nitrogens with two attached hydrogens (primary N) is 1. The van der Waals surface area contributed by atoms with Crippen LogP contribution >= 0.6 is 15.9 Å². The van der Waals surface area contributed by atoms with E-state index in [2.05, 4.69) is 38.0 Å². The predicted octanol–water partition coefficient (Wildman–Crippen LogP) is 3.92. The van der Waals surface area contributed by atoms with Crippen molar-refractivity contribution in [2.45, 2.75) is 0 Å². The molecule has 4 aromatic rings. The van der Waals surface area contributed by atoms with Gasteiger partial charge in [0.25, 0.3) is 0 Å². The van der Waals surface area contributed by atoms with Gasteiger partial charge in [-0.3, -0.25) is 4.57 Å². The molecule has 0 aliphatic carbocycles. The van der Waals surface area contributed by atoms with Crippen LogP contribution in [0.15, 0.2) is 59.2 Å². The molecule has 0 unspecified atom stereocenters. The van der Waals surface area contributed by atoms with Gasteiger partial charge in [0.2, 0.25) is 5.95 Å². The normalized spacial score (nSPS) is 11.3. The molecule has 0 aliphatic rings. The molecule has 2 aromatic carbocycles. The lowest BCUT2D eigenvalue weighted by atomic mass is 10.1. The summed E-state index contributed by atoms with van der Waals surface area (Å²) >= 11 is 3.59. The van der Waals surface area contributed by atoms with E-state index in [1.165, 1.54) is 0 Å². The Morgan fingerprint density at radius 3 is 2.62 bits per heavy atom. The third-order valence-corrected chi connectivity index (χ3v) is 4.22. The zero-order valence-corrected chi connectivity index (χ0v) is 12.6. The number of benzene rings is 2. The molecule has 2 N–H and O–H groups in total. The SMILES string of the molecule is Nc1nc2cccnc2n1-c1ccc(Br)c2ccccc12. The Morgan fingerprint density at radius 2 is 1.76 bits per heavy atom. The van der Waals surface area contributed by atoms with Crippen LogP contribution in [0.2, 0.25) is 0 Å². The number of halogens is 1. The van der Waals surface area contributed by atoms with Gasteiger partial charge < -0.3 is 5.73 Å². The van der Waals surface area contributed by atoms with Crippen molar-refractivity contribution in [1.82, 2.24) is 14.5 Å². The summed E-state index contributed by atoms with van der Waals surface area (Å²) in [6.07, 6.45) is 1.75. The first-order valence-corrected chi connectivity index (χ1v) is 7.31. The average molecular weight is 339 g/mol. The minimum atomic E-state index is 0.441.